The summed E-state index contributed by atoms with van der Waals surface area (Å²) in [5.74, 6) is 0.406. The SMILES string of the molecule is C=Cc1cc(C(C)C)c(CO)cn1. The van der Waals surface area contributed by atoms with Crippen LogP contribution in [0.3, 0.4) is 0 Å². The molecule has 0 aliphatic carbocycles. The van der Waals surface area contributed by atoms with Crippen molar-refractivity contribution in [2.45, 2.75) is 26.4 Å². The third-order valence-corrected chi connectivity index (χ3v) is 2.05. The Labute approximate surface area is 78.9 Å². The minimum atomic E-state index is 0.0535. The summed E-state index contributed by atoms with van der Waals surface area (Å²) in [6.07, 6.45) is 3.43. The van der Waals surface area contributed by atoms with E-state index in [2.05, 4.69) is 25.4 Å². The van der Waals surface area contributed by atoms with E-state index in [-0.39, 0.29) is 6.61 Å². The Bertz CT molecular complexity index is 305. The summed E-state index contributed by atoms with van der Waals surface area (Å²) in [6, 6.07) is 1.98. The molecule has 0 saturated carbocycles. The van der Waals surface area contributed by atoms with Crippen LogP contribution >= 0.6 is 0 Å². The molecule has 1 N–H and O–H groups in total. The van der Waals surface area contributed by atoms with Gasteiger partial charge in [0.25, 0.3) is 0 Å². The summed E-state index contributed by atoms with van der Waals surface area (Å²) in [5, 5.41) is 9.07. The number of hydrogen-bond donors (Lipinski definition) is 1. The summed E-state index contributed by atoms with van der Waals surface area (Å²) >= 11 is 0. The number of nitrogens with zero attached hydrogens (tertiary/aromatic N) is 1. The van der Waals surface area contributed by atoms with E-state index < -0.39 is 0 Å². The van der Waals surface area contributed by atoms with Gasteiger partial charge in [0, 0.05) is 6.20 Å². The van der Waals surface area contributed by atoms with Crippen molar-refractivity contribution in [2.75, 3.05) is 0 Å². The van der Waals surface area contributed by atoms with E-state index in [9.17, 15) is 0 Å². The zero-order valence-corrected chi connectivity index (χ0v) is 8.12. The molecule has 2 nitrogen and oxygen atoms in total. The minimum Gasteiger partial charge on any atom is -0.392 e. The van der Waals surface area contributed by atoms with Crippen molar-refractivity contribution in [3.05, 3.63) is 35.7 Å². The first-order valence-electron chi connectivity index (χ1n) is 4.41. The van der Waals surface area contributed by atoms with Crippen LogP contribution in [0, 0.1) is 0 Å². The molecular weight excluding hydrogens is 162 g/mol. The third kappa shape index (κ3) is 2.16. The lowest BCUT2D eigenvalue weighted by atomic mass is 9.98. The van der Waals surface area contributed by atoms with Crippen LogP contribution in [0.15, 0.2) is 18.8 Å². The van der Waals surface area contributed by atoms with Crippen molar-refractivity contribution in [1.82, 2.24) is 4.98 Å². The van der Waals surface area contributed by atoms with E-state index in [1.165, 1.54) is 0 Å². The van der Waals surface area contributed by atoms with Crippen LogP contribution in [0.2, 0.25) is 0 Å². The summed E-state index contributed by atoms with van der Waals surface area (Å²) in [4.78, 5) is 4.13. The molecule has 0 aliphatic heterocycles. The predicted molar refractivity (Wildman–Crippen MR) is 54.3 cm³/mol. The van der Waals surface area contributed by atoms with Crippen LogP contribution in [-0.2, 0) is 6.61 Å². The maximum Gasteiger partial charge on any atom is 0.0699 e. The van der Waals surface area contributed by atoms with Crippen molar-refractivity contribution >= 4 is 6.08 Å². The van der Waals surface area contributed by atoms with Gasteiger partial charge in [-0.25, -0.2) is 0 Å². The molecule has 0 aliphatic rings. The van der Waals surface area contributed by atoms with Gasteiger partial charge < -0.3 is 5.11 Å². The van der Waals surface area contributed by atoms with Crippen molar-refractivity contribution in [1.29, 1.82) is 0 Å². The molecule has 0 amide bonds. The molecule has 0 unspecified atom stereocenters. The molecule has 1 aromatic heterocycles. The number of pyridine rings is 1. The smallest absolute Gasteiger partial charge is 0.0699 e. The van der Waals surface area contributed by atoms with Crippen molar-refractivity contribution in [3.8, 4) is 0 Å². The molecule has 0 fully saturated rings. The van der Waals surface area contributed by atoms with E-state index in [1.807, 2.05) is 6.07 Å². The fraction of sp³-hybridized carbons (Fsp3) is 0.364. The fourth-order valence-electron chi connectivity index (χ4n) is 1.30. The molecule has 0 radical (unpaired) electrons. The van der Waals surface area contributed by atoms with Gasteiger partial charge in [0.15, 0.2) is 0 Å². The van der Waals surface area contributed by atoms with Gasteiger partial charge in [0.2, 0.25) is 0 Å². The highest BCUT2D eigenvalue weighted by molar-refractivity contribution is 5.45. The Kier molecular flexibility index (Phi) is 3.20. The average molecular weight is 177 g/mol. The highest BCUT2D eigenvalue weighted by Crippen LogP contribution is 2.19. The molecule has 0 bridgehead atoms. The van der Waals surface area contributed by atoms with E-state index >= 15 is 0 Å². The number of aliphatic hydroxyl groups excluding tert-OH is 1. The zero-order valence-electron chi connectivity index (χ0n) is 8.12. The second kappa shape index (κ2) is 4.19. The van der Waals surface area contributed by atoms with Crippen molar-refractivity contribution in [3.63, 3.8) is 0 Å². The Morgan fingerprint density at radius 3 is 2.77 bits per heavy atom. The third-order valence-electron chi connectivity index (χ3n) is 2.05. The quantitative estimate of drug-likeness (QED) is 0.768. The lowest BCUT2D eigenvalue weighted by Crippen LogP contribution is -1.98. The first-order valence-corrected chi connectivity index (χ1v) is 4.41. The largest absolute Gasteiger partial charge is 0.392 e. The lowest BCUT2D eigenvalue weighted by Gasteiger charge is -2.10. The van der Waals surface area contributed by atoms with Crippen LogP contribution in [0.5, 0.6) is 0 Å². The molecule has 0 aromatic carbocycles. The number of hydrogen-bond acceptors (Lipinski definition) is 2. The maximum absolute atomic E-state index is 9.07. The Balaban J connectivity index is 3.17. The van der Waals surface area contributed by atoms with Crippen LogP contribution in [0.4, 0.5) is 0 Å². The molecule has 13 heavy (non-hydrogen) atoms. The summed E-state index contributed by atoms with van der Waals surface area (Å²) in [7, 11) is 0. The summed E-state index contributed by atoms with van der Waals surface area (Å²) < 4.78 is 0. The monoisotopic (exact) mass is 177 g/mol. The summed E-state index contributed by atoms with van der Waals surface area (Å²) in [6.45, 7) is 7.91. The van der Waals surface area contributed by atoms with Gasteiger partial charge in [-0.2, -0.15) is 0 Å². The molecule has 70 valence electrons. The van der Waals surface area contributed by atoms with Gasteiger partial charge in [-0.1, -0.05) is 20.4 Å². The maximum atomic E-state index is 9.07. The van der Waals surface area contributed by atoms with Crippen molar-refractivity contribution in [2.24, 2.45) is 0 Å². The van der Waals surface area contributed by atoms with Crippen LogP contribution in [0.1, 0.15) is 36.6 Å². The van der Waals surface area contributed by atoms with Gasteiger partial charge in [0.1, 0.15) is 0 Å². The van der Waals surface area contributed by atoms with Gasteiger partial charge in [-0.15, -0.1) is 0 Å². The van der Waals surface area contributed by atoms with E-state index in [0.29, 0.717) is 5.92 Å². The average Bonchev–Trinajstić information content (AvgIpc) is 2.16. The Morgan fingerprint density at radius 1 is 1.62 bits per heavy atom. The molecule has 0 spiro atoms. The lowest BCUT2D eigenvalue weighted by molar-refractivity contribution is 0.279. The van der Waals surface area contributed by atoms with E-state index in [1.54, 1.807) is 12.3 Å². The molecule has 1 heterocycles. The number of aromatic nitrogens is 1. The van der Waals surface area contributed by atoms with Gasteiger partial charge >= 0.3 is 0 Å². The normalized spacial score (nSPS) is 10.5. The predicted octanol–water partition coefficient (Wildman–Crippen LogP) is 2.34. The van der Waals surface area contributed by atoms with Gasteiger partial charge in [0.05, 0.1) is 12.3 Å². The van der Waals surface area contributed by atoms with Crippen molar-refractivity contribution < 1.29 is 5.11 Å². The standard InChI is InChI=1S/C11H15NO/c1-4-10-5-11(8(2)3)9(7-13)6-12-10/h4-6,8,13H,1,7H2,2-3H3. The van der Waals surface area contributed by atoms with Gasteiger partial charge in [-0.3, -0.25) is 4.98 Å². The van der Waals surface area contributed by atoms with E-state index in [0.717, 1.165) is 16.8 Å². The summed E-state index contributed by atoms with van der Waals surface area (Å²) in [5.41, 5.74) is 2.91. The highest BCUT2D eigenvalue weighted by atomic mass is 16.3. The first-order chi connectivity index (χ1) is 6.19. The van der Waals surface area contributed by atoms with Crippen LogP contribution in [-0.4, -0.2) is 10.1 Å². The second-order valence-electron chi connectivity index (χ2n) is 3.32. The first kappa shape index (κ1) is 9.93. The highest BCUT2D eigenvalue weighted by Gasteiger charge is 2.06. The molecule has 1 aromatic rings. The molecule has 1 rings (SSSR count). The van der Waals surface area contributed by atoms with E-state index in [4.69, 9.17) is 5.11 Å². The van der Waals surface area contributed by atoms with Crippen LogP contribution in [0.25, 0.3) is 6.08 Å². The topological polar surface area (TPSA) is 33.1 Å². The molecule has 2 heteroatoms. The molecule has 0 atom stereocenters. The van der Waals surface area contributed by atoms with Crippen LogP contribution < -0.4 is 0 Å². The fourth-order valence-corrected chi connectivity index (χ4v) is 1.30. The number of rotatable bonds is 3. The molecule has 0 saturated heterocycles. The number of aliphatic hydroxyl groups is 1. The molecular formula is C11H15NO. The van der Waals surface area contributed by atoms with Gasteiger partial charge in [-0.05, 0) is 29.2 Å². The Hall–Kier alpha value is -1.15. The zero-order chi connectivity index (χ0) is 9.84. The second-order valence-corrected chi connectivity index (χ2v) is 3.32. The Morgan fingerprint density at radius 2 is 2.31 bits per heavy atom. The minimum absolute atomic E-state index is 0.0535.